The molecule has 0 bridgehead atoms. The summed E-state index contributed by atoms with van der Waals surface area (Å²) in [5.74, 6) is 2.15. The molecule has 35 heavy (non-hydrogen) atoms. The molecule has 9 heteroatoms. The van der Waals surface area contributed by atoms with Crippen molar-refractivity contribution in [1.29, 1.82) is 0 Å². The van der Waals surface area contributed by atoms with Gasteiger partial charge in [-0.3, -0.25) is 9.59 Å². The van der Waals surface area contributed by atoms with Gasteiger partial charge >= 0.3 is 0 Å². The summed E-state index contributed by atoms with van der Waals surface area (Å²) in [7, 11) is 4.65. The van der Waals surface area contributed by atoms with Gasteiger partial charge in [-0.05, 0) is 50.5 Å². The number of hydrogen-bond donors (Lipinski definition) is 1. The van der Waals surface area contributed by atoms with Gasteiger partial charge in [0.2, 0.25) is 0 Å². The van der Waals surface area contributed by atoms with Crippen molar-refractivity contribution >= 4 is 11.8 Å². The molecular weight excluding hydrogens is 452 g/mol. The van der Waals surface area contributed by atoms with E-state index < -0.39 is 0 Å². The van der Waals surface area contributed by atoms with Crippen LogP contribution in [0, 0.1) is 0 Å². The number of hydrogen-bond acceptors (Lipinski definition) is 7. The van der Waals surface area contributed by atoms with Gasteiger partial charge in [-0.2, -0.15) is 0 Å². The number of piperidine rings is 1. The predicted octanol–water partition coefficient (Wildman–Crippen LogP) is 3.43. The third kappa shape index (κ3) is 6.71. The topological polar surface area (TPSA) is 95.6 Å². The summed E-state index contributed by atoms with van der Waals surface area (Å²) in [4.78, 5) is 27.1. The summed E-state index contributed by atoms with van der Waals surface area (Å²) in [6.07, 6.45) is 3.20. The Morgan fingerprint density at radius 2 is 1.51 bits per heavy atom. The Morgan fingerprint density at radius 1 is 0.829 bits per heavy atom. The van der Waals surface area contributed by atoms with Gasteiger partial charge in [0.05, 0.1) is 27.9 Å². The smallest absolute Gasteiger partial charge is 0.260 e. The minimum atomic E-state index is -0.293. The standard InChI is InChI=1S/C26H34N2O7/c1-5-34-24-13-18(9-10-20(24)35-17-25(29)28-11-7-6-8-12-28)26(30)27-16-19-14-22(32-3)23(33-4)15-21(19)31-2/h9-10,13-15H,5-8,11-12,16-17H2,1-4H3,(H,27,30). The van der Waals surface area contributed by atoms with Crippen molar-refractivity contribution in [2.45, 2.75) is 32.7 Å². The first-order chi connectivity index (χ1) is 17.0. The first-order valence-electron chi connectivity index (χ1n) is 11.7. The van der Waals surface area contributed by atoms with E-state index in [2.05, 4.69) is 5.32 Å². The number of likely N-dealkylation sites (tertiary alicyclic amines) is 1. The maximum atomic E-state index is 12.9. The van der Waals surface area contributed by atoms with Crippen molar-refractivity contribution < 1.29 is 33.3 Å². The summed E-state index contributed by atoms with van der Waals surface area (Å²) in [5.41, 5.74) is 1.14. The number of ether oxygens (including phenoxy) is 5. The quantitative estimate of drug-likeness (QED) is 0.520. The third-order valence-corrected chi connectivity index (χ3v) is 5.79. The van der Waals surface area contributed by atoms with Gasteiger partial charge in [0.1, 0.15) is 5.75 Å². The number of carbonyl (C=O) groups is 2. The van der Waals surface area contributed by atoms with Gasteiger partial charge in [0.25, 0.3) is 11.8 Å². The lowest BCUT2D eigenvalue weighted by molar-refractivity contribution is -0.134. The van der Waals surface area contributed by atoms with Crippen LogP contribution in [0.5, 0.6) is 28.7 Å². The Bertz CT molecular complexity index is 1020. The van der Waals surface area contributed by atoms with Gasteiger partial charge in [-0.1, -0.05) is 0 Å². The molecule has 0 aromatic heterocycles. The Hall–Kier alpha value is -3.62. The first kappa shape index (κ1) is 26.0. The van der Waals surface area contributed by atoms with Gasteiger partial charge < -0.3 is 33.9 Å². The minimum absolute atomic E-state index is 0.0437. The van der Waals surface area contributed by atoms with Gasteiger partial charge in [0.15, 0.2) is 29.6 Å². The lowest BCUT2D eigenvalue weighted by atomic mass is 10.1. The third-order valence-electron chi connectivity index (χ3n) is 5.79. The summed E-state index contributed by atoms with van der Waals surface area (Å²) in [6, 6.07) is 8.39. The molecule has 0 saturated carbocycles. The predicted molar refractivity (Wildman–Crippen MR) is 131 cm³/mol. The summed E-state index contributed by atoms with van der Waals surface area (Å²) >= 11 is 0. The van der Waals surface area contributed by atoms with Crippen LogP contribution in [0.15, 0.2) is 30.3 Å². The highest BCUT2D eigenvalue weighted by Crippen LogP contribution is 2.34. The van der Waals surface area contributed by atoms with E-state index in [1.807, 2.05) is 11.8 Å². The van der Waals surface area contributed by atoms with E-state index in [0.717, 1.165) is 37.9 Å². The number of rotatable bonds is 11. The Labute approximate surface area is 206 Å². The van der Waals surface area contributed by atoms with Gasteiger partial charge in [0, 0.05) is 36.8 Å². The van der Waals surface area contributed by atoms with Crippen LogP contribution in [0.1, 0.15) is 42.1 Å². The highest BCUT2D eigenvalue weighted by atomic mass is 16.5. The molecule has 2 amide bonds. The van der Waals surface area contributed by atoms with E-state index in [9.17, 15) is 9.59 Å². The molecular formula is C26H34N2O7. The van der Waals surface area contributed by atoms with E-state index in [0.29, 0.717) is 40.9 Å². The number of nitrogens with one attached hydrogen (secondary N) is 1. The van der Waals surface area contributed by atoms with Crippen LogP contribution in [-0.2, 0) is 11.3 Å². The Kier molecular flexibility index (Phi) is 9.46. The van der Waals surface area contributed by atoms with Crippen molar-refractivity contribution in [2.75, 3.05) is 47.6 Å². The van der Waals surface area contributed by atoms with E-state index in [-0.39, 0.29) is 25.0 Å². The van der Waals surface area contributed by atoms with E-state index in [1.165, 1.54) is 0 Å². The van der Waals surface area contributed by atoms with Crippen molar-refractivity contribution in [3.63, 3.8) is 0 Å². The molecule has 0 radical (unpaired) electrons. The highest BCUT2D eigenvalue weighted by molar-refractivity contribution is 5.95. The molecule has 1 saturated heterocycles. The van der Waals surface area contributed by atoms with Crippen LogP contribution in [-0.4, -0.2) is 64.3 Å². The Morgan fingerprint density at radius 3 is 2.17 bits per heavy atom. The monoisotopic (exact) mass is 486 g/mol. The zero-order valence-electron chi connectivity index (χ0n) is 20.8. The van der Waals surface area contributed by atoms with E-state index in [1.54, 1.807) is 51.7 Å². The zero-order chi connectivity index (χ0) is 25.2. The fraction of sp³-hybridized carbons (Fsp3) is 0.462. The number of benzene rings is 2. The molecule has 1 fully saturated rings. The molecule has 0 unspecified atom stereocenters. The van der Waals surface area contributed by atoms with Crippen molar-refractivity contribution in [3.05, 3.63) is 41.5 Å². The van der Waals surface area contributed by atoms with Crippen LogP contribution in [0.2, 0.25) is 0 Å². The van der Waals surface area contributed by atoms with E-state index >= 15 is 0 Å². The van der Waals surface area contributed by atoms with Gasteiger partial charge in [-0.25, -0.2) is 0 Å². The SMILES string of the molecule is CCOc1cc(C(=O)NCc2cc(OC)c(OC)cc2OC)ccc1OCC(=O)N1CCCCC1. The van der Waals surface area contributed by atoms with Crippen LogP contribution in [0.4, 0.5) is 0 Å². The number of carbonyl (C=O) groups excluding carboxylic acids is 2. The van der Waals surface area contributed by atoms with Crippen molar-refractivity contribution in [3.8, 4) is 28.7 Å². The molecule has 1 aliphatic rings. The highest BCUT2D eigenvalue weighted by Gasteiger charge is 2.19. The second-order valence-electron chi connectivity index (χ2n) is 8.03. The average molecular weight is 487 g/mol. The fourth-order valence-electron chi connectivity index (χ4n) is 3.92. The normalized spacial score (nSPS) is 13.1. The molecule has 190 valence electrons. The summed E-state index contributed by atoms with van der Waals surface area (Å²) in [5, 5.41) is 2.89. The largest absolute Gasteiger partial charge is 0.496 e. The summed E-state index contributed by atoms with van der Waals surface area (Å²) in [6.45, 7) is 3.93. The first-order valence-corrected chi connectivity index (χ1v) is 11.7. The van der Waals surface area contributed by atoms with Gasteiger partial charge in [-0.15, -0.1) is 0 Å². The molecule has 1 aliphatic heterocycles. The maximum Gasteiger partial charge on any atom is 0.260 e. The molecule has 1 N–H and O–H groups in total. The number of nitrogens with zero attached hydrogens (tertiary/aromatic N) is 1. The molecule has 0 spiro atoms. The second-order valence-corrected chi connectivity index (χ2v) is 8.03. The second kappa shape index (κ2) is 12.7. The minimum Gasteiger partial charge on any atom is -0.496 e. The van der Waals surface area contributed by atoms with Crippen LogP contribution in [0.3, 0.4) is 0 Å². The zero-order valence-corrected chi connectivity index (χ0v) is 20.8. The molecule has 2 aromatic carbocycles. The lowest BCUT2D eigenvalue weighted by Gasteiger charge is -2.26. The Balaban J connectivity index is 1.67. The summed E-state index contributed by atoms with van der Waals surface area (Å²) < 4.78 is 27.5. The molecule has 2 aromatic rings. The molecule has 0 atom stereocenters. The molecule has 9 nitrogen and oxygen atoms in total. The molecule has 0 aliphatic carbocycles. The number of methoxy groups -OCH3 is 3. The molecule has 3 rings (SSSR count). The lowest BCUT2D eigenvalue weighted by Crippen LogP contribution is -2.38. The molecule has 1 heterocycles. The van der Waals surface area contributed by atoms with Crippen molar-refractivity contribution in [2.24, 2.45) is 0 Å². The number of amides is 2. The van der Waals surface area contributed by atoms with Crippen LogP contribution in [0.25, 0.3) is 0 Å². The maximum absolute atomic E-state index is 12.9. The fourth-order valence-corrected chi connectivity index (χ4v) is 3.92. The van der Waals surface area contributed by atoms with Crippen LogP contribution < -0.4 is 29.0 Å². The van der Waals surface area contributed by atoms with Crippen molar-refractivity contribution in [1.82, 2.24) is 10.2 Å². The van der Waals surface area contributed by atoms with E-state index in [4.69, 9.17) is 23.7 Å². The average Bonchev–Trinajstić information content (AvgIpc) is 2.90. The van der Waals surface area contributed by atoms with Crippen LogP contribution >= 0.6 is 0 Å².